The van der Waals surface area contributed by atoms with Gasteiger partial charge in [-0.1, -0.05) is 30.3 Å². The first-order valence-corrected chi connectivity index (χ1v) is 8.54. The third-order valence-corrected chi connectivity index (χ3v) is 4.10. The minimum Gasteiger partial charge on any atom is -0.497 e. The summed E-state index contributed by atoms with van der Waals surface area (Å²) in [6.07, 6.45) is 1.73. The van der Waals surface area contributed by atoms with E-state index in [1.165, 1.54) is 0 Å². The summed E-state index contributed by atoms with van der Waals surface area (Å²) in [6.45, 7) is 0.619. The molecule has 0 fully saturated rings. The lowest BCUT2D eigenvalue weighted by molar-refractivity contribution is 0.414. The van der Waals surface area contributed by atoms with Crippen LogP contribution in [0.15, 0.2) is 77.3 Å². The summed E-state index contributed by atoms with van der Waals surface area (Å²) in [5.41, 5.74) is 2.76. The van der Waals surface area contributed by atoms with Gasteiger partial charge in [-0.05, 0) is 42.0 Å². The Hall–Kier alpha value is -3.67. The van der Waals surface area contributed by atoms with Crippen molar-refractivity contribution < 1.29 is 9.15 Å². The largest absolute Gasteiger partial charge is 0.497 e. The number of nitrogens with one attached hydrogen (secondary N) is 1. The van der Waals surface area contributed by atoms with E-state index in [9.17, 15) is 0 Å². The lowest BCUT2D eigenvalue weighted by Gasteiger charge is -2.09. The number of methoxy groups -OCH3 is 1. The number of hydrogen-bond donors (Lipinski definition) is 1. The predicted molar refractivity (Wildman–Crippen MR) is 103 cm³/mol. The Bertz CT molecular complexity index is 1010. The normalized spacial score (nSPS) is 10.6. The highest BCUT2D eigenvalue weighted by Gasteiger charge is 2.14. The molecule has 134 valence electrons. The molecule has 4 aromatic rings. The van der Waals surface area contributed by atoms with E-state index >= 15 is 0 Å². The van der Waals surface area contributed by atoms with Crippen LogP contribution in [0.3, 0.4) is 0 Å². The van der Waals surface area contributed by atoms with E-state index in [4.69, 9.17) is 9.15 Å². The van der Waals surface area contributed by atoms with Crippen molar-refractivity contribution in [3.63, 3.8) is 0 Å². The number of pyridine rings is 1. The van der Waals surface area contributed by atoms with Crippen LogP contribution in [0.2, 0.25) is 0 Å². The van der Waals surface area contributed by atoms with Gasteiger partial charge >= 0.3 is 0 Å². The first kappa shape index (κ1) is 16.8. The lowest BCUT2D eigenvalue weighted by Crippen LogP contribution is -2.03. The molecule has 0 aliphatic rings. The summed E-state index contributed by atoms with van der Waals surface area (Å²) in [4.78, 5) is 4.42. The van der Waals surface area contributed by atoms with Gasteiger partial charge in [-0.15, -0.1) is 10.2 Å². The van der Waals surface area contributed by atoms with Crippen LogP contribution in [0, 0.1) is 0 Å². The van der Waals surface area contributed by atoms with Gasteiger partial charge in [0.1, 0.15) is 11.6 Å². The smallest absolute Gasteiger partial charge is 0.251 e. The van der Waals surface area contributed by atoms with Crippen LogP contribution in [-0.2, 0) is 6.54 Å². The van der Waals surface area contributed by atoms with Crippen LogP contribution in [0.25, 0.3) is 22.9 Å². The molecule has 0 bridgehead atoms. The quantitative estimate of drug-likeness (QED) is 0.550. The average molecular weight is 358 g/mol. The van der Waals surface area contributed by atoms with Crippen LogP contribution < -0.4 is 10.1 Å². The number of aromatic nitrogens is 3. The topological polar surface area (TPSA) is 73.1 Å². The van der Waals surface area contributed by atoms with Crippen LogP contribution in [0.5, 0.6) is 5.75 Å². The lowest BCUT2D eigenvalue weighted by atomic mass is 10.2. The number of nitrogens with zero attached hydrogens (tertiary/aromatic N) is 3. The standard InChI is InChI=1S/C21H18N4O2/c1-26-17-11-9-15(10-12-17)14-23-19-18(8-5-13-22-19)21-25-24-20(27-21)16-6-3-2-4-7-16/h2-13H,14H2,1H3,(H,22,23). The summed E-state index contributed by atoms with van der Waals surface area (Å²) < 4.78 is 11.0. The molecule has 6 heteroatoms. The van der Waals surface area contributed by atoms with Gasteiger partial charge in [0.2, 0.25) is 5.89 Å². The number of rotatable bonds is 6. The van der Waals surface area contributed by atoms with E-state index in [0.717, 1.165) is 22.4 Å². The highest BCUT2D eigenvalue weighted by Crippen LogP contribution is 2.28. The number of anilines is 1. The zero-order valence-corrected chi connectivity index (χ0v) is 14.8. The number of ether oxygens (including phenoxy) is 1. The van der Waals surface area contributed by atoms with Crippen molar-refractivity contribution in [2.24, 2.45) is 0 Å². The van der Waals surface area contributed by atoms with Crippen molar-refractivity contribution in [3.8, 4) is 28.7 Å². The zero-order valence-electron chi connectivity index (χ0n) is 14.8. The van der Waals surface area contributed by atoms with Crippen molar-refractivity contribution in [2.75, 3.05) is 12.4 Å². The second-order valence-electron chi connectivity index (χ2n) is 5.88. The molecule has 0 amide bonds. The zero-order chi connectivity index (χ0) is 18.5. The molecular formula is C21H18N4O2. The van der Waals surface area contributed by atoms with Crippen molar-refractivity contribution >= 4 is 5.82 Å². The van der Waals surface area contributed by atoms with Gasteiger partial charge in [-0.25, -0.2) is 4.98 Å². The Kier molecular flexibility index (Phi) is 4.78. The van der Waals surface area contributed by atoms with Gasteiger partial charge in [0.15, 0.2) is 0 Å². The van der Waals surface area contributed by atoms with E-state index < -0.39 is 0 Å². The van der Waals surface area contributed by atoms with Crippen LogP contribution in [0.1, 0.15) is 5.56 Å². The predicted octanol–water partition coefficient (Wildman–Crippen LogP) is 4.42. The van der Waals surface area contributed by atoms with Gasteiger partial charge in [-0.2, -0.15) is 0 Å². The Labute approximate surface area is 156 Å². The SMILES string of the molecule is COc1ccc(CNc2ncccc2-c2nnc(-c3ccccc3)o2)cc1. The first-order chi connectivity index (χ1) is 13.3. The Morgan fingerprint density at radius 2 is 1.67 bits per heavy atom. The molecule has 0 atom stereocenters. The van der Waals surface area contributed by atoms with Crippen molar-refractivity contribution in [2.45, 2.75) is 6.54 Å². The highest BCUT2D eigenvalue weighted by atomic mass is 16.5. The fourth-order valence-electron chi connectivity index (χ4n) is 2.68. The molecule has 2 heterocycles. The molecule has 0 aliphatic heterocycles. The molecule has 2 aromatic carbocycles. The summed E-state index contributed by atoms with van der Waals surface area (Å²) >= 11 is 0. The highest BCUT2D eigenvalue weighted by molar-refractivity contribution is 5.69. The summed E-state index contributed by atoms with van der Waals surface area (Å²) in [5.74, 6) is 2.43. The Morgan fingerprint density at radius 1 is 0.889 bits per heavy atom. The average Bonchev–Trinajstić information content (AvgIpc) is 3.23. The molecule has 6 nitrogen and oxygen atoms in total. The Balaban J connectivity index is 1.55. The fraction of sp³-hybridized carbons (Fsp3) is 0.0952. The van der Waals surface area contributed by atoms with Crippen LogP contribution in [-0.4, -0.2) is 22.3 Å². The maximum absolute atomic E-state index is 5.86. The van der Waals surface area contributed by atoms with E-state index in [1.807, 2.05) is 66.7 Å². The molecule has 0 unspecified atom stereocenters. The van der Waals surface area contributed by atoms with Crippen molar-refractivity contribution in [1.29, 1.82) is 0 Å². The molecule has 4 rings (SSSR count). The first-order valence-electron chi connectivity index (χ1n) is 8.54. The summed E-state index contributed by atoms with van der Waals surface area (Å²) in [5, 5.41) is 11.7. The molecule has 0 spiro atoms. The second-order valence-corrected chi connectivity index (χ2v) is 5.88. The maximum Gasteiger partial charge on any atom is 0.251 e. The molecular weight excluding hydrogens is 340 g/mol. The van der Waals surface area contributed by atoms with Gasteiger partial charge in [-0.3, -0.25) is 0 Å². The van der Waals surface area contributed by atoms with E-state index in [0.29, 0.717) is 24.1 Å². The molecule has 0 saturated carbocycles. The summed E-state index contributed by atoms with van der Waals surface area (Å²) in [6, 6.07) is 21.3. The van der Waals surface area contributed by atoms with Crippen molar-refractivity contribution in [1.82, 2.24) is 15.2 Å². The van der Waals surface area contributed by atoms with Gasteiger partial charge in [0, 0.05) is 18.3 Å². The molecule has 0 saturated heterocycles. The minimum atomic E-state index is 0.430. The summed E-state index contributed by atoms with van der Waals surface area (Å²) in [7, 11) is 1.65. The minimum absolute atomic E-state index is 0.430. The van der Waals surface area contributed by atoms with Crippen LogP contribution >= 0.6 is 0 Å². The number of benzene rings is 2. The fourth-order valence-corrected chi connectivity index (χ4v) is 2.68. The molecule has 0 aliphatic carbocycles. The monoisotopic (exact) mass is 358 g/mol. The molecule has 2 aromatic heterocycles. The van der Waals surface area contributed by atoms with E-state index in [1.54, 1.807) is 13.3 Å². The van der Waals surface area contributed by atoms with E-state index in [2.05, 4.69) is 20.5 Å². The Morgan fingerprint density at radius 3 is 2.44 bits per heavy atom. The number of hydrogen-bond acceptors (Lipinski definition) is 6. The van der Waals surface area contributed by atoms with Crippen molar-refractivity contribution in [3.05, 3.63) is 78.5 Å². The van der Waals surface area contributed by atoms with Crippen LogP contribution in [0.4, 0.5) is 5.82 Å². The van der Waals surface area contributed by atoms with Gasteiger partial charge in [0.05, 0.1) is 12.7 Å². The maximum atomic E-state index is 5.86. The third kappa shape index (κ3) is 3.79. The molecule has 1 N–H and O–H groups in total. The van der Waals surface area contributed by atoms with E-state index in [-0.39, 0.29) is 0 Å². The van der Waals surface area contributed by atoms with Gasteiger partial charge < -0.3 is 14.5 Å². The molecule has 0 radical (unpaired) electrons. The molecule has 27 heavy (non-hydrogen) atoms. The third-order valence-electron chi connectivity index (χ3n) is 4.10. The second kappa shape index (κ2) is 7.70. The van der Waals surface area contributed by atoms with Gasteiger partial charge in [0.25, 0.3) is 5.89 Å².